The van der Waals surface area contributed by atoms with E-state index in [9.17, 15) is 9.90 Å². The number of hydrogen-bond acceptors (Lipinski definition) is 2. The molecular weight excluding hydrogens is 300 g/mol. The molecule has 0 heterocycles. The van der Waals surface area contributed by atoms with E-state index < -0.39 is 5.97 Å². The van der Waals surface area contributed by atoms with Crippen LogP contribution in [-0.4, -0.2) is 16.2 Å². The maximum absolute atomic E-state index is 10.8. The van der Waals surface area contributed by atoms with Gasteiger partial charge in [0.15, 0.2) is 0 Å². The van der Waals surface area contributed by atoms with Crippen molar-refractivity contribution in [3.8, 4) is 5.75 Å². The molecule has 0 amide bonds. The van der Waals surface area contributed by atoms with E-state index in [1.807, 2.05) is 12.1 Å². The molecule has 3 nitrogen and oxygen atoms in total. The minimum Gasteiger partial charge on any atom is -0.507 e. The topological polar surface area (TPSA) is 57.5 Å². The van der Waals surface area contributed by atoms with Crippen LogP contribution < -0.4 is 0 Å². The van der Waals surface area contributed by atoms with Crippen molar-refractivity contribution in [3.05, 3.63) is 28.8 Å². The Hall–Kier alpha value is -1.51. The molecule has 2 N–H and O–H groups in total. The third-order valence-corrected chi connectivity index (χ3v) is 4.55. The van der Waals surface area contributed by atoms with Crippen LogP contribution in [0.15, 0.2) is 12.1 Å². The third-order valence-electron chi connectivity index (χ3n) is 4.55. The van der Waals surface area contributed by atoms with Crippen molar-refractivity contribution in [2.24, 2.45) is 0 Å². The van der Waals surface area contributed by atoms with Gasteiger partial charge in [0.25, 0.3) is 0 Å². The molecule has 0 saturated heterocycles. The maximum atomic E-state index is 10.8. The third kappa shape index (κ3) is 7.85. The van der Waals surface area contributed by atoms with E-state index >= 15 is 0 Å². The summed E-state index contributed by atoms with van der Waals surface area (Å²) >= 11 is 0. The minimum atomic E-state index is -0.767. The first kappa shape index (κ1) is 20.5. The van der Waals surface area contributed by atoms with Gasteiger partial charge in [0, 0.05) is 6.42 Å². The van der Waals surface area contributed by atoms with Gasteiger partial charge in [-0.3, -0.25) is 4.79 Å². The zero-order valence-electron chi connectivity index (χ0n) is 15.4. The van der Waals surface area contributed by atoms with Gasteiger partial charge in [0.2, 0.25) is 0 Å². The lowest BCUT2D eigenvalue weighted by Gasteiger charge is -2.13. The van der Waals surface area contributed by atoms with E-state index in [1.54, 1.807) is 0 Å². The summed E-state index contributed by atoms with van der Waals surface area (Å²) in [5.41, 5.74) is 3.05. The molecule has 0 fully saturated rings. The standard InChI is InChI=1S/C21H34O3/c1-3-5-7-9-11-18-15-17(13-14-20(22)23)16-19(21(18)24)12-10-8-6-4-2/h15-16,24H,3-14H2,1-2H3,(H,22,23). The molecule has 0 saturated carbocycles. The molecule has 1 rings (SSSR count). The van der Waals surface area contributed by atoms with Gasteiger partial charge in [0.1, 0.15) is 5.75 Å². The van der Waals surface area contributed by atoms with Crippen molar-refractivity contribution < 1.29 is 15.0 Å². The van der Waals surface area contributed by atoms with E-state index in [1.165, 1.54) is 38.5 Å². The van der Waals surface area contributed by atoms with E-state index in [0.717, 1.165) is 42.4 Å². The van der Waals surface area contributed by atoms with Crippen molar-refractivity contribution in [2.75, 3.05) is 0 Å². The molecule has 136 valence electrons. The second-order valence-electron chi connectivity index (χ2n) is 6.78. The number of carboxylic acid groups (broad SMARTS) is 1. The Morgan fingerprint density at radius 3 is 1.75 bits per heavy atom. The monoisotopic (exact) mass is 334 g/mol. The smallest absolute Gasteiger partial charge is 0.303 e. The van der Waals surface area contributed by atoms with Gasteiger partial charge in [0.05, 0.1) is 0 Å². The van der Waals surface area contributed by atoms with Gasteiger partial charge in [-0.1, -0.05) is 64.5 Å². The van der Waals surface area contributed by atoms with Crippen molar-refractivity contribution in [1.29, 1.82) is 0 Å². The highest BCUT2D eigenvalue weighted by molar-refractivity contribution is 5.67. The summed E-state index contributed by atoms with van der Waals surface area (Å²) in [6.45, 7) is 4.39. The lowest BCUT2D eigenvalue weighted by Crippen LogP contribution is -2.01. The maximum Gasteiger partial charge on any atom is 0.303 e. The van der Waals surface area contributed by atoms with E-state index in [0.29, 0.717) is 12.2 Å². The molecule has 0 spiro atoms. The van der Waals surface area contributed by atoms with Crippen LogP contribution in [0.2, 0.25) is 0 Å². The van der Waals surface area contributed by atoms with Crippen molar-refractivity contribution in [2.45, 2.75) is 90.9 Å². The predicted octanol–water partition coefficient (Wildman–Crippen LogP) is 5.66. The second kappa shape index (κ2) is 11.9. The van der Waals surface area contributed by atoms with Gasteiger partial charge in [-0.15, -0.1) is 0 Å². The number of unbranched alkanes of at least 4 members (excludes halogenated alkanes) is 6. The fourth-order valence-corrected chi connectivity index (χ4v) is 3.09. The van der Waals surface area contributed by atoms with E-state index in [2.05, 4.69) is 13.8 Å². The quantitative estimate of drug-likeness (QED) is 0.458. The second-order valence-corrected chi connectivity index (χ2v) is 6.78. The molecular formula is C21H34O3. The molecule has 0 aromatic heterocycles. The number of carboxylic acids is 1. The molecule has 1 aromatic carbocycles. The van der Waals surface area contributed by atoms with Crippen molar-refractivity contribution in [1.82, 2.24) is 0 Å². The minimum absolute atomic E-state index is 0.148. The summed E-state index contributed by atoms with van der Waals surface area (Å²) in [7, 11) is 0. The molecule has 3 heteroatoms. The number of aliphatic carboxylic acids is 1. The van der Waals surface area contributed by atoms with Gasteiger partial charge < -0.3 is 10.2 Å². The number of benzene rings is 1. The van der Waals surface area contributed by atoms with Crippen LogP contribution in [-0.2, 0) is 24.1 Å². The normalized spacial score (nSPS) is 10.9. The van der Waals surface area contributed by atoms with Gasteiger partial charge in [-0.25, -0.2) is 0 Å². The molecule has 0 aliphatic heterocycles. The molecule has 0 unspecified atom stereocenters. The highest BCUT2D eigenvalue weighted by atomic mass is 16.4. The first-order valence-electron chi connectivity index (χ1n) is 9.63. The van der Waals surface area contributed by atoms with Crippen molar-refractivity contribution >= 4 is 5.97 Å². The first-order valence-corrected chi connectivity index (χ1v) is 9.63. The molecule has 0 aliphatic carbocycles. The number of phenolic OH excluding ortho intramolecular Hbond substituents is 1. The Bertz CT molecular complexity index is 461. The Morgan fingerprint density at radius 1 is 0.833 bits per heavy atom. The van der Waals surface area contributed by atoms with Crippen LogP contribution in [0.1, 0.15) is 88.3 Å². The summed E-state index contributed by atoms with van der Waals surface area (Å²) in [5, 5.41) is 19.5. The highest BCUT2D eigenvalue weighted by Crippen LogP contribution is 2.29. The number of rotatable bonds is 13. The van der Waals surface area contributed by atoms with E-state index in [4.69, 9.17) is 5.11 Å². The lowest BCUT2D eigenvalue weighted by molar-refractivity contribution is -0.136. The highest BCUT2D eigenvalue weighted by Gasteiger charge is 2.11. The summed E-state index contributed by atoms with van der Waals surface area (Å²) < 4.78 is 0. The zero-order valence-corrected chi connectivity index (χ0v) is 15.4. The van der Waals surface area contributed by atoms with E-state index in [-0.39, 0.29) is 6.42 Å². The molecule has 24 heavy (non-hydrogen) atoms. The molecule has 0 atom stereocenters. The van der Waals surface area contributed by atoms with Crippen LogP contribution in [0.3, 0.4) is 0 Å². The zero-order chi connectivity index (χ0) is 17.8. The van der Waals surface area contributed by atoms with Gasteiger partial charge in [-0.05, 0) is 48.8 Å². The van der Waals surface area contributed by atoms with Crippen LogP contribution >= 0.6 is 0 Å². The predicted molar refractivity (Wildman–Crippen MR) is 99.8 cm³/mol. The summed E-state index contributed by atoms with van der Waals surface area (Å²) in [6, 6.07) is 4.03. The van der Waals surface area contributed by atoms with Crippen molar-refractivity contribution in [3.63, 3.8) is 0 Å². The SMILES string of the molecule is CCCCCCc1cc(CCC(=O)O)cc(CCCCCC)c1O. The first-order chi connectivity index (χ1) is 11.6. The van der Waals surface area contributed by atoms with Crippen LogP contribution in [0, 0.1) is 0 Å². The molecule has 0 aliphatic rings. The summed E-state index contributed by atoms with van der Waals surface area (Å²) in [5.74, 6) is -0.320. The van der Waals surface area contributed by atoms with Crippen LogP contribution in [0.25, 0.3) is 0 Å². The molecule has 0 bridgehead atoms. The van der Waals surface area contributed by atoms with Crippen LogP contribution in [0.5, 0.6) is 5.75 Å². The van der Waals surface area contributed by atoms with Crippen LogP contribution in [0.4, 0.5) is 0 Å². The summed E-state index contributed by atoms with van der Waals surface area (Å²) in [4.78, 5) is 10.8. The molecule has 1 aromatic rings. The Balaban J connectivity index is 2.80. The van der Waals surface area contributed by atoms with Gasteiger partial charge in [-0.2, -0.15) is 0 Å². The Labute approximate surface area is 147 Å². The van der Waals surface area contributed by atoms with Gasteiger partial charge >= 0.3 is 5.97 Å². The Morgan fingerprint density at radius 2 is 1.33 bits per heavy atom. The fraction of sp³-hybridized carbons (Fsp3) is 0.667. The number of phenols is 1. The number of aryl methyl sites for hydroxylation is 3. The number of carbonyl (C=O) groups is 1. The fourth-order valence-electron chi connectivity index (χ4n) is 3.09. The average Bonchev–Trinajstić information content (AvgIpc) is 2.56. The Kier molecular flexibility index (Phi) is 10.2. The summed E-state index contributed by atoms with van der Waals surface area (Å²) in [6.07, 6.45) is 11.8. The largest absolute Gasteiger partial charge is 0.507 e. The molecule has 0 radical (unpaired) electrons. The average molecular weight is 335 g/mol. The number of aromatic hydroxyl groups is 1. The lowest BCUT2D eigenvalue weighted by atomic mass is 9.94. The number of hydrogen-bond donors (Lipinski definition) is 2.